The fourth-order valence-electron chi connectivity index (χ4n) is 2.63. The van der Waals surface area contributed by atoms with Gasteiger partial charge in [-0.15, -0.1) is 0 Å². The summed E-state index contributed by atoms with van der Waals surface area (Å²) < 4.78 is 7.59. The minimum Gasteiger partial charge on any atom is -0.381 e. The van der Waals surface area contributed by atoms with Gasteiger partial charge in [0.05, 0.1) is 12.3 Å². The summed E-state index contributed by atoms with van der Waals surface area (Å²) >= 11 is 0. The summed E-state index contributed by atoms with van der Waals surface area (Å²) in [5, 5.41) is 4.71. The van der Waals surface area contributed by atoms with E-state index in [1.165, 1.54) is 17.0 Å². The summed E-state index contributed by atoms with van der Waals surface area (Å²) in [5.41, 5.74) is 9.59. The van der Waals surface area contributed by atoms with Crippen LogP contribution in [0.25, 0.3) is 0 Å². The van der Waals surface area contributed by atoms with Gasteiger partial charge in [0.25, 0.3) is 0 Å². The number of nitrogens with two attached hydrogens (primary N) is 1. The Kier molecular flexibility index (Phi) is 4.18. The lowest BCUT2D eigenvalue weighted by atomic mass is 10.1. The van der Waals surface area contributed by atoms with Crippen molar-refractivity contribution in [1.82, 2.24) is 9.78 Å². The van der Waals surface area contributed by atoms with E-state index in [4.69, 9.17) is 15.6 Å². The topological polar surface area (TPSA) is 53.1 Å². The molecule has 0 aromatic carbocycles. The zero-order valence-electron chi connectivity index (χ0n) is 10.9. The highest BCUT2D eigenvalue weighted by molar-refractivity contribution is 5.26. The van der Waals surface area contributed by atoms with Gasteiger partial charge in [-0.3, -0.25) is 4.68 Å². The summed E-state index contributed by atoms with van der Waals surface area (Å²) in [6, 6.07) is 0. The lowest BCUT2D eigenvalue weighted by molar-refractivity contribution is 0.181. The molecule has 0 spiro atoms. The molecule has 0 amide bonds. The lowest BCUT2D eigenvalue weighted by Crippen LogP contribution is -2.14. The maximum atomic E-state index is 5.85. The molecule has 17 heavy (non-hydrogen) atoms. The molecule has 1 aliphatic heterocycles. The van der Waals surface area contributed by atoms with Crippen LogP contribution in [0.3, 0.4) is 0 Å². The van der Waals surface area contributed by atoms with Gasteiger partial charge in [-0.25, -0.2) is 0 Å². The van der Waals surface area contributed by atoms with Crippen LogP contribution < -0.4 is 5.73 Å². The summed E-state index contributed by atoms with van der Waals surface area (Å²) in [5.74, 6) is 0.621. The average molecular weight is 237 g/mol. The minimum absolute atomic E-state index is 0.605. The molecule has 1 fully saturated rings. The van der Waals surface area contributed by atoms with E-state index in [1.807, 2.05) is 0 Å². The van der Waals surface area contributed by atoms with Crippen molar-refractivity contribution in [3.05, 3.63) is 17.0 Å². The number of ether oxygens (including phenoxy) is 1. The van der Waals surface area contributed by atoms with Crippen LogP contribution in [-0.4, -0.2) is 23.0 Å². The first kappa shape index (κ1) is 12.6. The van der Waals surface area contributed by atoms with Crippen LogP contribution in [0.15, 0.2) is 0 Å². The van der Waals surface area contributed by atoms with Crippen LogP contribution in [0, 0.1) is 5.92 Å². The molecule has 1 aromatic rings. The van der Waals surface area contributed by atoms with Crippen molar-refractivity contribution in [2.75, 3.05) is 13.2 Å². The molecule has 4 nitrogen and oxygen atoms in total. The minimum atomic E-state index is 0.605. The van der Waals surface area contributed by atoms with Crippen molar-refractivity contribution in [2.45, 2.75) is 46.2 Å². The van der Waals surface area contributed by atoms with Gasteiger partial charge in [0.15, 0.2) is 0 Å². The summed E-state index contributed by atoms with van der Waals surface area (Å²) in [6.45, 7) is 7.69. The molecular weight excluding hydrogens is 214 g/mol. The van der Waals surface area contributed by atoms with Crippen LogP contribution in [0.4, 0.5) is 0 Å². The van der Waals surface area contributed by atoms with Crippen LogP contribution in [0.1, 0.15) is 37.2 Å². The van der Waals surface area contributed by atoms with Crippen molar-refractivity contribution in [1.29, 1.82) is 0 Å². The molecule has 1 saturated heterocycles. The highest BCUT2D eigenvalue weighted by Crippen LogP contribution is 2.20. The Morgan fingerprint density at radius 2 is 2.24 bits per heavy atom. The second-order valence-corrected chi connectivity index (χ2v) is 4.69. The Balaban J connectivity index is 2.22. The van der Waals surface area contributed by atoms with Crippen molar-refractivity contribution in [2.24, 2.45) is 11.7 Å². The monoisotopic (exact) mass is 237 g/mol. The van der Waals surface area contributed by atoms with Crippen LogP contribution >= 0.6 is 0 Å². The zero-order chi connectivity index (χ0) is 12.3. The third-order valence-corrected chi connectivity index (χ3v) is 3.58. The zero-order valence-corrected chi connectivity index (χ0v) is 10.9. The molecule has 2 rings (SSSR count). The third-order valence-electron chi connectivity index (χ3n) is 3.58. The van der Waals surface area contributed by atoms with Gasteiger partial charge in [-0.05, 0) is 19.3 Å². The summed E-state index contributed by atoms with van der Waals surface area (Å²) in [4.78, 5) is 0. The Morgan fingerprint density at radius 1 is 1.41 bits per heavy atom. The molecule has 1 aromatic heterocycles. The number of aromatic nitrogens is 2. The van der Waals surface area contributed by atoms with E-state index in [0.29, 0.717) is 12.5 Å². The van der Waals surface area contributed by atoms with E-state index in [0.717, 1.165) is 39.0 Å². The molecule has 0 bridgehead atoms. The molecule has 96 valence electrons. The largest absolute Gasteiger partial charge is 0.381 e. The second kappa shape index (κ2) is 5.65. The van der Waals surface area contributed by atoms with E-state index in [9.17, 15) is 0 Å². The predicted molar refractivity (Wildman–Crippen MR) is 67.8 cm³/mol. The SMILES string of the molecule is CCc1nn(CC2CCOC2)c(CC)c1CN. The van der Waals surface area contributed by atoms with E-state index in [1.54, 1.807) is 0 Å². The van der Waals surface area contributed by atoms with Crippen molar-refractivity contribution in [3.63, 3.8) is 0 Å². The lowest BCUT2D eigenvalue weighted by Gasteiger charge is -2.11. The fraction of sp³-hybridized carbons (Fsp3) is 0.769. The third kappa shape index (κ3) is 2.53. The second-order valence-electron chi connectivity index (χ2n) is 4.69. The normalized spacial score (nSPS) is 20.1. The van der Waals surface area contributed by atoms with Gasteiger partial charge in [-0.2, -0.15) is 5.10 Å². The van der Waals surface area contributed by atoms with Crippen molar-refractivity contribution >= 4 is 0 Å². The van der Waals surface area contributed by atoms with Gasteiger partial charge in [0, 0.05) is 36.9 Å². The first-order valence-corrected chi connectivity index (χ1v) is 6.65. The van der Waals surface area contributed by atoms with Gasteiger partial charge in [0.2, 0.25) is 0 Å². The number of nitrogens with zero attached hydrogens (tertiary/aromatic N) is 2. The molecule has 2 N–H and O–H groups in total. The van der Waals surface area contributed by atoms with Gasteiger partial charge >= 0.3 is 0 Å². The van der Waals surface area contributed by atoms with Crippen LogP contribution in [0.5, 0.6) is 0 Å². The molecule has 1 aliphatic rings. The first-order chi connectivity index (χ1) is 8.30. The van der Waals surface area contributed by atoms with E-state index in [2.05, 4.69) is 18.5 Å². The number of aryl methyl sites for hydroxylation is 1. The molecule has 0 saturated carbocycles. The number of rotatable bonds is 5. The standard InChI is InChI=1S/C13H23N3O/c1-3-12-11(7-14)13(4-2)16(15-12)8-10-5-6-17-9-10/h10H,3-9,14H2,1-2H3. The predicted octanol–water partition coefficient (Wildman–Crippen LogP) is 1.50. The van der Waals surface area contributed by atoms with Gasteiger partial charge < -0.3 is 10.5 Å². The molecular formula is C13H23N3O. The maximum absolute atomic E-state index is 5.85. The quantitative estimate of drug-likeness (QED) is 0.844. The average Bonchev–Trinajstić information content (AvgIpc) is 2.96. The Morgan fingerprint density at radius 3 is 2.76 bits per heavy atom. The first-order valence-electron chi connectivity index (χ1n) is 6.65. The van der Waals surface area contributed by atoms with Crippen LogP contribution in [-0.2, 0) is 30.7 Å². The highest BCUT2D eigenvalue weighted by Gasteiger charge is 2.20. The maximum Gasteiger partial charge on any atom is 0.0669 e. The smallest absolute Gasteiger partial charge is 0.0669 e. The van der Waals surface area contributed by atoms with Crippen molar-refractivity contribution in [3.8, 4) is 0 Å². The number of hydrogen-bond acceptors (Lipinski definition) is 3. The molecule has 1 atom stereocenters. The highest BCUT2D eigenvalue weighted by atomic mass is 16.5. The Bertz CT molecular complexity index is 367. The summed E-state index contributed by atoms with van der Waals surface area (Å²) in [7, 11) is 0. The molecule has 2 heterocycles. The summed E-state index contributed by atoms with van der Waals surface area (Å²) in [6.07, 6.45) is 3.13. The van der Waals surface area contributed by atoms with Crippen molar-refractivity contribution < 1.29 is 4.74 Å². The Hall–Kier alpha value is -0.870. The molecule has 0 aliphatic carbocycles. The molecule has 4 heteroatoms. The molecule has 1 unspecified atom stereocenters. The van der Waals surface area contributed by atoms with Crippen LogP contribution in [0.2, 0.25) is 0 Å². The van der Waals surface area contributed by atoms with E-state index in [-0.39, 0.29) is 0 Å². The van der Waals surface area contributed by atoms with E-state index >= 15 is 0 Å². The molecule has 0 radical (unpaired) electrons. The van der Waals surface area contributed by atoms with Gasteiger partial charge in [0.1, 0.15) is 0 Å². The fourth-order valence-corrected chi connectivity index (χ4v) is 2.63. The Labute approximate surface area is 103 Å². The van der Waals surface area contributed by atoms with E-state index < -0.39 is 0 Å². The number of hydrogen-bond donors (Lipinski definition) is 1. The van der Waals surface area contributed by atoms with Gasteiger partial charge in [-0.1, -0.05) is 13.8 Å².